The van der Waals surface area contributed by atoms with Crippen molar-refractivity contribution in [2.24, 2.45) is 5.92 Å². The quantitative estimate of drug-likeness (QED) is 0.605. The van der Waals surface area contributed by atoms with Crippen LogP contribution in [-0.2, 0) is 11.3 Å². The van der Waals surface area contributed by atoms with Crippen molar-refractivity contribution in [3.05, 3.63) is 50.9 Å². The van der Waals surface area contributed by atoms with Crippen molar-refractivity contribution < 1.29 is 9.18 Å². The number of hydrogen-bond acceptors (Lipinski definition) is 5. The molecule has 0 unspecified atom stereocenters. The van der Waals surface area contributed by atoms with Gasteiger partial charge in [-0.05, 0) is 36.6 Å². The summed E-state index contributed by atoms with van der Waals surface area (Å²) in [5.41, 5.74) is 4.90. The highest BCUT2D eigenvalue weighted by molar-refractivity contribution is 8.00. The molecule has 1 aromatic carbocycles. The highest BCUT2D eigenvalue weighted by Gasteiger charge is 2.25. The monoisotopic (exact) mass is 422 g/mol. The molecule has 0 aliphatic heterocycles. The summed E-state index contributed by atoms with van der Waals surface area (Å²) >= 11 is 1.24. The first-order valence-electron chi connectivity index (χ1n) is 9.55. The average Bonchev–Trinajstić information content (AvgIpc) is 2.66. The molecule has 2 aromatic rings. The lowest BCUT2D eigenvalue weighted by Gasteiger charge is -2.26. The van der Waals surface area contributed by atoms with Crippen molar-refractivity contribution in [2.45, 2.75) is 45.1 Å². The molecule has 0 saturated heterocycles. The molecule has 0 aliphatic carbocycles. The van der Waals surface area contributed by atoms with E-state index in [2.05, 4.69) is 4.98 Å². The molecule has 1 amide bonds. The molecule has 0 aliphatic rings. The molecule has 0 spiro atoms. The molecule has 158 valence electrons. The number of carbonyl (C=O) groups excluding carboxylic acids is 1. The van der Waals surface area contributed by atoms with E-state index in [1.165, 1.54) is 33.4 Å². The topological polar surface area (TPSA) is 101 Å². The number of anilines is 2. The number of aromatic amines is 1. The number of thioether (sulfide) groups is 1. The maximum absolute atomic E-state index is 13.1. The number of nitrogens with two attached hydrogens (primary N) is 1. The Morgan fingerprint density at radius 3 is 2.52 bits per heavy atom. The van der Waals surface area contributed by atoms with Gasteiger partial charge in [-0.3, -0.25) is 19.1 Å². The van der Waals surface area contributed by atoms with Crippen LogP contribution in [0.4, 0.5) is 15.9 Å². The number of nitrogen functional groups attached to an aromatic ring is 1. The maximum Gasteiger partial charge on any atom is 0.330 e. The van der Waals surface area contributed by atoms with Gasteiger partial charge < -0.3 is 10.6 Å². The first kappa shape index (κ1) is 22.7. The molecule has 0 atom stereocenters. The molecule has 0 fully saturated rings. The summed E-state index contributed by atoms with van der Waals surface area (Å²) in [6.07, 6.45) is 1.57. The van der Waals surface area contributed by atoms with Gasteiger partial charge in [0, 0.05) is 18.0 Å². The highest BCUT2D eigenvalue weighted by Crippen LogP contribution is 2.23. The fraction of sp³-hybridized carbons (Fsp3) is 0.450. The molecule has 29 heavy (non-hydrogen) atoms. The van der Waals surface area contributed by atoms with Gasteiger partial charge in [-0.25, -0.2) is 9.18 Å². The van der Waals surface area contributed by atoms with E-state index in [1.807, 2.05) is 20.8 Å². The molecule has 7 nitrogen and oxygen atoms in total. The number of hydrogen-bond donors (Lipinski definition) is 2. The van der Waals surface area contributed by atoms with Crippen molar-refractivity contribution >= 4 is 29.2 Å². The van der Waals surface area contributed by atoms with Gasteiger partial charge >= 0.3 is 5.69 Å². The summed E-state index contributed by atoms with van der Waals surface area (Å²) in [5.74, 6) is -0.551. The predicted octanol–water partition coefficient (Wildman–Crippen LogP) is 2.84. The first-order valence-corrected chi connectivity index (χ1v) is 10.5. The van der Waals surface area contributed by atoms with Crippen LogP contribution in [0.5, 0.6) is 0 Å². The van der Waals surface area contributed by atoms with Crippen LogP contribution in [0.1, 0.15) is 33.6 Å². The van der Waals surface area contributed by atoms with Crippen LogP contribution in [0.3, 0.4) is 0 Å². The Hall–Kier alpha value is -2.55. The maximum atomic E-state index is 13.1. The van der Waals surface area contributed by atoms with Gasteiger partial charge in [0.1, 0.15) is 11.6 Å². The summed E-state index contributed by atoms with van der Waals surface area (Å²) in [7, 11) is 0. The summed E-state index contributed by atoms with van der Waals surface area (Å²) in [6, 6.07) is 5.83. The SMILES string of the molecule is CCCCn1c(N)c(N(CC(C)C)C(=O)CSc2ccc(F)cc2)c(=O)[nH]c1=O. The van der Waals surface area contributed by atoms with Crippen molar-refractivity contribution in [3.8, 4) is 0 Å². The fourth-order valence-electron chi connectivity index (χ4n) is 2.81. The lowest BCUT2D eigenvalue weighted by molar-refractivity contribution is -0.116. The molecule has 0 bridgehead atoms. The van der Waals surface area contributed by atoms with Crippen LogP contribution < -0.4 is 21.9 Å². The van der Waals surface area contributed by atoms with Crippen molar-refractivity contribution in [1.29, 1.82) is 0 Å². The minimum atomic E-state index is -0.680. The largest absolute Gasteiger partial charge is 0.383 e. The Bertz CT molecular complexity index is 954. The molecule has 1 aromatic heterocycles. The summed E-state index contributed by atoms with van der Waals surface area (Å²) in [5, 5.41) is 0. The Morgan fingerprint density at radius 1 is 1.28 bits per heavy atom. The number of halogens is 1. The van der Waals surface area contributed by atoms with Gasteiger partial charge in [-0.1, -0.05) is 27.2 Å². The smallest absolute Gasteiger partial charge is 0.330 e. The van der Waals surface area contributed by atoms with E-state index in [0.29, 0.717) is 13.0 Å². The Kier molecular flexibility index (Phi) is 8.07. The molecule has 3 N–H and O–H groups in total. The molecular formula is C20H27FN4O3S. The standard InChI is InChI=1S/C20H27FN4O3S/c1-4-5-10-24-18(22)17(19(27)23-20(24)28)25(11-13(2)3)16(26)12-29-15-8-6-14(21)7-9-15/h6-9,13H,4-5,10-12,22H2,1-3H3,(H,23,27,28). The van der Waals surface area contributed by atoms with Crippen molar-refractivity contribution in [2.75, 3.05) is 22.9 Å². The number of nitrogens with one attached hydrogen (secondary N) is 1. The van der Waals surface area contributed by atoms with Crippen LogP contribution >= 0.6 is 11.8 Å². The highest BCUT2D eigenvalue weighted by atomic mass is 32.2. The number of rotatable bonds is 9. The Labute approximate surface area is 173 Å². The van der Waals surface area contributed by atoms with Crippen molar-refractivity contribution in [3.63, 3.8) is 0 Å². The number of carbonyl (C=O) groups is 1. The third-order valence-electron chi connectivity index (χ3n) is 4.24. The van der Waals surface area contributed by atoms with Gasteiger partial charge in [0.05, 0.1) is 5.75 Å². The third kappa shape index (κ3) is 5.96. The van der Waals surface area contributed by atoms with Gasteiger partial charge in [0.15, 0.2) is 5.69 Å². The number of unbranched alkanes of at least 4 members (excludes halogenated alkanes) is 1. The predicted molar refractivity (Wildman–Crippen MR) is 115 cm³/mol. The Balaban J connectivity index is 2.35. The van der Waals surface area contributed by atoms with Crippen LogP contribution in [-0.4, -0.2) is 27.8 Å². The van der Waals surface area contributed by atoms with E-state index >= 15 is 0 Å². The Morgan fingerprint density at radius 2 is 1.93 bits per heavy atom. The molecule has 0 radical (unpaired) electrons. The third-order valence-corrected chi connectivity index (χ3v) is 5.24. The second-order valence-corrected chi connectivity index (χ2v) is 8.19. The van der Waals surface area contributed by atoms with E-state index in [0.717, 1.165) is 11.3 Å². The summed E-state index contributed by atoms with van der Waals surface area (Å²) < 4.78 is 14.4. The van der Waals surface area contributed by atoms with Crippen molar-refractivity contribution in [1.82, 2.24) is 9.55 Å². The van der Waals surface area contributed by atoms with Crippen LogP contribution in [0.15, 0.2) is 38.8 Å². The zero-order chi connectivity index (χ0) is 21.6. The van der Waals surface area contributed by atoms with E-state index in [4.69, 9.17) is 5.73 Å². The molecular weight excluding hydrogens is 395 g/mol. The minimum Gasteiger partial charge on any atom is -0.383 e. The first-order chi connectivity index (χ1) is 13.7. The van der Waals surface area contributed by atoms with E-state index in [9.17, 15) is 18.8 Å². The van der Waals surface area contributed by atoms with E-state index in [-0.39, 0.29) is 41.4 Å². The van der Waals surface area contributed by atoms with Gasteiger partial charge in [-0.2, -0.15) is 0 Å². The fourth-order valence-corrected chi connectivity index (χ4v) is 3.59. The minimum absolute atomic E-state index is 0.000825. The molecule has 9 heteroatoms. The zero-order valence-corrected chi connectivity index (χ0v) is 17.7. The van der Waals surface area contributed by atoms with Crippen LogP contribution in [0.25, 0.3) is 0 Å². The van der Waals surface area contributed by atoms with Gasteiger partial charge in [0.25, 0.3) is 5.56 Å². The van der Waals surface area contributed by atoms with Crippen LogP contribution in [0.2, 0.25) is 0 Å². The number of H-pyrrole nitrogens is 1. The second kappa shape index (κ2) is 10.3. The number of aromatic nitrogens is 2. The summed E-state index contributed by atoms with van der Waals surface area (Å²) in [4.78, 5) is 42.0. The van der Waals surface area contributed by atoms with Gasteiger partial charge in [-0.15, -0.1) is 11.8 Å². The molecule has 1 heterocycles. The van der Waals surface area contributed by atoms with E-state index < -0.39 is 11.2 Å². The number of amides is 1. The second-order valence-electron chi connectivity index (χ2n) is 7.14. The zero-order valence-electron chi connectivity index (χ0n) is 16.9. The molecule has 0 saturated carbocycles. The number of nitrogens with zero attached hydrogens (tertiary/aromatic N) is 2. The lowest BCUT2D eigenvalue weighted by atomic mass is 10.2. The number of benzene rings is 1. The molecule has 2 rings (SSSR count). The van der Waals surface area contributed by atoms with Crippen LogP contribution in [0, 0.1) is 11.7 Å². The van der Waals surface area contributed by atoms with Gasteiger partial charge in [0.2, 0.25) is 5.91 Å². The lowest BCUT2D eigenvalue weighted by Crippen LogP contribution is -2.43. The summed E-state index contributed by atoms with van der Waals surface area (Å²) in [6.45, 7) is 6.46. The normalized spacial score (nSPS) is 11.1. The van der Waals surface area contributed by atoms with E-state index in [1.54, 1.807) is 12.1 Å². The average molecular weight is 423 g/mol.